The molecule has 1 N–H and O–H groups in total. The highest BCUT2D eigenvalue weighted by atomic mass is 19.1. The van der Waals surface area contributed by atoms with E-state index >= 15 is 4.39 Å². The molecule has 3 heterocycles. The summed E-state index contributed by atoms with van der Waals surface area (Å²) in [6.45, 7) is 42.8. The van der Waals surface area contributed by atoms with Crippen molar-refractivity contribution in [1.29, 1.82) is 0 Å². The topological polar surface area (TPSA) is 239 Å². The van der Waals surface area contributed by atoms with Gasteiger partial charge in [0.1, 0.15) is 59.4 Å². The SMILES string of the molecule is C=C(C)C(=O)OCCCc1cc(-c2ccc(OCCCCCCCCCC)cc2F)ccc1OCOCC1CCNCC1.C=C(C)C(=O)OCCCc1cc(-c2ccccc2CC)cc(CCCOC(=O)C(=C)C)c1OCCCCCc1ccc(OCCCOCN2C=COC2)cc1.C=C(C)C(=O)OCCc1cc(-c2ccc(OC3CCOC3)c(CCOC(=O)C(=C)C)c2)ccc1OCCCCCCCCCC. The van der Waals surface area contributed by atoms with Crippen LogP contribution in [-0.2, 0) is 112 Å². The minimum Gasteiger partial charge on any atom is -0.494 e. The van der Waals surface area contributed by atoms with E-state index in [4.69, 9.17) is 71.1 Å². The van der Waals surface area contributed by atoms with Crippen LogP contribution < -0.4 is 33.7 Å². The van der Waals surface area contributed by atoms with Crippen molar-refractivity contribution in [2.24, 2.45) is 5.92 Å². The fourth-order valence-electron chi connectivity index (χ4n) is 16.5. The smallest absolute Gasteiger partial charge is 0.333 e. The van der Waals surface area contributed by atoms with Crippen molar-refractivity contribution in [3.63, 3.8) is 0 Å². The summed E-state index contributed by atoms with van der Waals surface area (Å²) in [5, 5.41) is 3.37. The number of aryl methyl sites for hydroxylation is 5. The quantitative estimate of drug-likeness (QED) is 0.0123. The predicted octanol–water partition coefficient (Wildman–Crippen LogP) is 26.1. The Morgan fingerprint density at radius 3 is 1.41 bits per heavy atom. The number of esters is 5. The first-order valence-electron chi connectivity index (χ1n) is 52.4. The lowest BCUT2D eigenvalue weighted by molar-refractivity contribution is -0.139. The standard InChI is InChI=1S/C46H59NO8.C38H52O7.C36H52FNO5/c1-6-38-16-9-10-19-43(38)41-31-39(17-12-27-54-45(48)35(2)3)44(40(32-41)18-13-28-55-46(49)36(4)5)53-26-11-7-8-15-37-20-22-42(23-21-37)52-29-14-25-50-33-47-24-30-51-34-47;1-6-7-8-9-10-11-12-13-21-42-35-16-14-30(25-32(35)18-23-43-37(39)28(2)3)31-15-17-36(45-34-20-22-41-27-34)33(26-31)19-24-44-38(40)29(4)5;1-4-5-6-7-8-9-10-11-22-41-32-15-16-33(34(37)25-32)30-14-17-35(43-27-40-26-29-18-20-38-21-19-29)31(24-30)13-12-23-42-36(39)28(2)3/h9-10,16,19-24,30-32H,2,4,6-8,11-15,17-18,25-29,33-34H2,1,3,5H3;14-17,25-26,34H,2,4,6-13,18-24,27H2,1,3,5H3;14-17,24-25,29,38H,2,4-13,18-23,26-27H2,1,3H3. The van der Waals surface area contributed by atoms with Crippen molar-refractivity contribution in [3.8, 4) is 67.9 Å². The van der Waals surface area contributed by atoms with Crippen LogP contribution in [0.3, 0.4) is 0 Å². The largest absolute Gasteiger partial charge is 0.494 e. The summed E-state index contributed by atoms with van der Waals surface area (Å²) in [5.41, 5.74) is 15.0. The third kappa shape index (κ3) is 45.6. The lowest BCUT2D eigenvalue weighted by atomic mass is 9.91. The molecule has 7 aromatic carbocycles. The molecule has 22 nitrogen and oxygen atoms in total. The summed E-state index contributed by atoms with van der Waals surface area (Å²) in [6.07, 6.45) is 36.9. The molecular weight excluding hydrogens is 1810 g/mol. The van der Waals surface area contributed by atoms with Crippen molar-refractivity contribution in [1.82, 2.24) is 10.2 Å². The molecule has 0 amide bonds. The first-order valence-corrected chi connectivity index (χ1v) is 52.4. The van der Waals surface area contributed by atoms with Gasteiger partial charge in [-0.3, -0.25) is 0 Å². The third-order valence-electron chi connectivity index (χ3n) is 24.8. The Morgan fingerprint density at radius 1 is 0.399 bits per heavy atom. The number of carbonyl (C=O) groups excluding carboxylic acids is 5. The maximum Gasteiger partial charge on any atom is 0.333 e. The molecule has 0 spiro atoms. The number of rotatable bonds is 68. The average Bonchev–Trinajstić information content (AvgIpc) is 0.901. The molecule has 3 aliphatic rings. The van der Waals surface area contributed by atoms with Gasteiger partial charge in [-0.2, -0.15) is 0 Å². The first kappa shape index (κ1) is 117. The number of unbranched alkanes of at least 4 members (excludes halogenated alkanes) is 16. The minimum absolute atomic E-state index is 0.00132. The Hall–Kier alpha value is -11.5. The molecule has 780 valence electrons. The second kappa shape index (κ2) is 68.7. The number of ether oxygens (including phenoxy) is 15. The molecule has 143 heavy (non-hydrogen) atoms. The van der Waals surface area contributed by atoms with E-state index in [9.17, 15) is 24.0 Å². The van der Waals surface area contributed by atoms with E-state index in [1.165, 1.54) is 99.8 Å². The van der Waals surface area contributed by atoms with Crippen molar-refractivity contribution >= 4 is 29.8 Å². The van der Waals surface area contributed by atoms with Gasteiger partial charge in [0, 0.05) is 71.4 Å². The molecule has 2 fully saturated rings. The van der Waals surface area contributed by atoms with Crippen molar-refractivity contribution in [2.75, 3.05) is 119 Å². The van der Waals surface area contributed by atoms with Crippen molar-refractivity contribution < 1.29 is 99.4 Å². The van der Waals surface area contributed by atoms with Gasteiger partial charge >= 0.3 is 29.8 Å². The molecule has 0 saturated carbocycles. The summed E-state index contributed by atoms with van der Waals surface area (Å²) >= 11 is 0. The van der Waals surface area contributed by atoms with Gasteiger partial charge in [0.05, 0.1) is 85.9 Å². The van der Waals surface area contributed by atoms with Crippen LogP contribution in [0.2, 0.25) is 0 Å². The van der Waals surface area contributed by atoms with Crippen LogP contribution in [-0.4, -0.2) is 160 Å². The highest BCUT2D eigenvalue weighted by molar-refractivity contribution is 5.89. The molecule has 0 aliphatic carbocycles. The van der Waals surface area contributed by atoms with Crippen molar-refractivity contribution in [2.45, 2.75) is 273 Å². The van der Waals surface area contributed by atoms with Crippen LogP contribution in [0, 0.1) is 11.7 Å². The zero-order valence-corrected chi connectivity index (χ0v) is 87.1. The number of benzene rings is 7. The Labute approximate surface area is 852 Å². The molecule has 1 atom stereocenters. The molecule has 7 aromatic rings. The molecule has 0 bridgehead atoms. The summed E-state index contributed by atoms with van der Waals surface area (Å²) in [6, 6.07) is 44.3. The summed E-state index contributed by atoms with van der Waals surface area (Å²) in [7, 11) is 0. The van der Waals surface area contributed by atoms with Gasteiger partial charge in [-0.25, -0.2) is 28.4 Å². The number of halogens is 1. The highest BCUT2D eigenvalue weighted by Gasteiger charge is 2.24. The van der Waals surface area contributed by atoms with E-state index in [0.29, 0.717) is 182 Å². The molecule has 0 radical (unpaired) electrons. The zero-order valence-electron chi connectivity index (χ0n) is 87.1. The summed E-state index contributed by atoms with van der Waals surface area (Å²) < 4.78 is 101. The van der Waals surface area contributed by atoms with Gasteiger partial charge < -0.3 is 81.3 Å². The van der Waals surface area contributed by atoms with Gasteiger partial charge in [-0.15, -0.1) is 0 Å². The number of piperidine rings is 1. The van der Waals surface area contributed by atoms with E-state index in [1.807, 2.05) is 65.7 Å². The monoisotopic (exact) mass is 1970 g/mol. The molecule has 1 unspecified atom stereocenters. The Kier molecular flexibility index (Phi) is 56.1. The number of hydrogen-bond acceptors (Lipinski definition) is 22. The Balaban J connectivity index is 0.000000265. The molecule has 23 heteroatoms. The molecule has 0 aromatic heterocycles. The van der Waals surface area contributed by atoms with E-state index in [0.717, 1.165) is 170 Å². The average molecular weight is 1970 g/mol. The van der Waals surface area contributed by atoms with Gasteiger partial charge in [0.2, 0.25) is 0 Å². The number of carbonyl (C=O) groups is 5. The van der Waals surface area contributed by atoms with Crippen molar-refractivity contribution in [3.05, 3.63) is 251 Å². The maximum absolute atomic E-state index is 15.2. The van der Waals surface area contributed by atoms with Crippen LogP contribution in [0.5, 0.6) is 34.5 Å². The second-order valence-electron chi connectivity index (χ2n) is 37.4. The Morgan fingerprint density at radius 2 is 0.867 bits per heavy atom. The lowest BCUT2D eigenvalue weighted by Gasteiger charge is -2.22. The van der Waals surface area contributed by atoms with E-state index in [-0.39, 0.29) is 50.5 Å². The van der Waals surface area contributed by atoms with Gasteiger partial charge in [-0.1, -0.05) is 198 Å². The first-order chi connectivity index (χ1) is 69.5. The lowest BCUT2D eigenvalue weighted by Crippen LogP contribution is -2.30. The maximum atomic E-state index is 15.2. The number of nitrogens with one attached hydrogen (secondary N) is 1. The van der Waals surface area contributed by atoms with Crippen LogP contribution in [0.4, 0.5) is 4.39 Å². The number of nitrogens with zero attached hydrogens (tertiary/aromatic N) is 1. The molecular formula is C120H163FN2O20. The Bertz CT molecular complexity index is 5010. The van der Waals surface area contributed by atoms with Crippen LogP contribution in [0.1, 0.15) is 261 Å². The molecule has 2 saturated heterocycles. The normalized spacial score (nSPS) is 13.1. The zero-order chi connectivity index (χ0) is 102. The van der Waals surface area contributed by atoms with Crippen LogP contribution in [0.25, 0.3) is 33.4 Å². The van der Waals surface area contributed by atoms with E-state index < -0.39 is 17.9 Å². The van der Waals surface area contributed by atoms with Gasteiger partial charge in [-0.05, 0) is 289 Å². The highest BCUT2D eigenvalue weighted by Crippen LogP contribution is 2.38. The predicted molar refractivity (Wildman–Crippen MR) is 567 cm³/mol. The van der Waals surface area contributed by atoms with Crippen LogP contribution in [0.15, 0.2) is 207 Å². The molecule has 10 rings (SSSR count). The van der Waals surface area contributed by atoms with Gasteiger partial charge in [0.25, 0.3) is 0 Å². The third-order valence-corrected chi connectivity index (χ3v) is 24.8. The van der Waals surface area contributed by atoms with Gasteiger partial charge in [0.15, 0.2) is 13.5 Å². The van der Waals surface area contributed by atoms with E-state index in [1.54, 1.807) is 46.9 Å². The number of hydrogen-bond donors (Lipinski definition) is 1. The van der Waals surface area contributed by atoms with Crippen LogP contribution >= 0.6 is 0 Å². The van der Waals surface area contributed by atoms with E-state index in [2.05, 4.69) is 126 Å². The minimum atomic E-state index is -0.405. The molecule has 3 aliphatic heterocycles. The fraction of sp³-hybridized carbons (Fsp3) is 0.508. The fourth-order valence-corrected chi connectivity index (χ4v) is 16.5. The summed E-state index contributed by atoms with van der Waals surface area (Å²) in [5.74, 6) is 2.81. The summed E-state index contributed by atoms with van der Waals surface area (Å²) in [4.78, 5) is 61.8. The second-order valence-corrected chi connectivity index (χ2v) is 37.4.